The highest BCUT2D eigenvalue weighted by Gasteiger charge is 2.07. The minimum atomic E-state index is 0.222. The molecule has 0 aliphatic heterocycles. The second-order valence-corrected chi connectivity index (χ2v) is 4.43. The van der Waals surface area contributed by atoms with Gasteiger partial charge in [0, 0.05) is 19.3 Å². The normalized spacial score (nSPS) is 10.4. The summed E-state index contributed by atoms with van der Waals surface area (Å²) in [7, 11) is 3.43. The standard InChI is InChI=1S/C10H13BrN6O/c1-17-8(18-2)3-6(16-17)4-13-9-7(11)5-14-10(12)15-9/h3,5H,4H2,1-2H3,(H3,12,13,14,15). The van der Waals surface area contributed by atoms with Crippen molar-refractivity contribution in [2.75, 3.05) is 18.2 Å². The van der Waals surface area contributed by atoms with Gasteiger partial charge in [0.2, 0.25) is 11.8 Å². The van der Waals surface area contributed by atoms with Gasteiger partial charge in [-0.1, -0.05) is 0 Å². The summed E-state index contributed by atoms with van der Waals surface area (Å²) in [5, 5.41) is 7.41. The van der Waals surface area contributed by atoms with E-state index in [2.05, 4.69) is 36.3 Å². The third-order valence-corrected chi connectivity index (χ3v) is 2.88. The fourth-order valence-electron chi connectivity index (χ4n) is 1.46. The number of rotatable bonds is 4. The molecule has 18 heavy (non-hydrogen) atoms. The van der Waals surface area contributed by atoms with Gasteiger partial charge in [0.05, 0.1) is 23.8 Å². The van der Waals surface area contributed by atoms with Crippen LogP contribution >= 0.6 is 15.9 Å². The summed E-state index contributed by atoms with van der Waals surface area (Å²) in [5.41, 5.74) is 6.37. The number of hydrogen-bond donors (Lipinski definition) is 2. The molecule has 0 aliphatic rings. The van der Waals surface area contributed by atoms with E-state index in [9.17, 15) is 0 Å². The minimum Gasteiger partial charge on any atom is -0.481 e. The van der Waals surface area contributed by atoms with Crippen LogP contribution in [0.3, 0.4) is 0 Å². The molecule has 0 aliphatic carbocycles. The lowest BCUT2D eigenvalue weighted by atomic mass is 10.4. The van der Waals surface area contributed by atoms with Crippen LogP contribution in [-0.4, -0.2) is 26.9 Å². The zero-order chi connectivity index (χ0) is 13.1. The molecule has 7 nitrogen and oxygen atoms in total. The molecule has 0 atom stereocenters. The quantitative estimate of drug-likeness (QED) is 0.881. The van der Waals surface area contributed by atoms with Crippen LogP contribution in [0.15, 0.2) is 16.7 Å². The molecule has 0 aromatic carbocycles. The number of nitrogens with two attached hydrogens (primary N) is 1. The predicted molar refractivity (Wildman–Crippen MR) is 71.2 cm³/mol. The number of anilines is 2. The maximum atomic E-state index is 5.52. The highest BCUT2D eigenvalue weighted by molar-refractivity contribution is 9.10. The van der Waals surface area contributed by atoms with Gasteiger partial charge in [-0.3, -0.25) is 0 Å². The zero-order valence-electron chi connectivity index (χ0n) is 10.0. The van der Waals surface area contributed by atoms with Crippen molar-refractivity contribution in [1.82, 2.24) is 19.7 Å². The van der Waals surface area contributed by atoms with Gasteiger partial charge < -0.3 is 15.8 Å². The Bertz CT molecular complexity index is 555. The number of halogens is 1. The molecule has 2 rings (SSSR count). The van der Waals surface area contributed by atoms with Gasteiger partial charge in [-0.15, -0.1) is 0 Å². The van der Waals surface area contributed by atoms with Crippen LogP contribution in [0.5, 0.6) is 5.88 Å². The SMILES string of the molecule is COc1cc(CNc2nc(N)ncc2Br)nn1C. The van der Waals surface area contributed by atoms with Crippen LogP contribution in [0.25, 0.3) is 0 Å². The summed E-state index contributed by atoms with van der Waals surface area (Å²) in [6.07, 6.45) is 1.60. The van der Waals surface area contributed by atoms with Crippen molar-refractivity contribution in [2.24, 2.45) is 7.05 Å². The van der Waals surface area contributed by atoms with E-state index < -0.39 is 0 Å². The van der Waals surface area contributed by atoms with E-state index >= 15 is 0 Å². The third kappa shape index (κ3) is 2.70. The van der Waals surface area contributed by atoms with E-state index in [4.69, 9.17) is 10.5 Å². The van der Waals surface area contributed by atoms with Gasteiger partial charge in [0.15, 0.2) is 0 Å². The summed E-state index contributed by atoms with van der Waals surface area (Å²) >= 11 is 3.34. The van der Waals surface area contributed by atoms with Crippen molar-refractivity contribution in [2.45, 2.75) is 6.54 Å². The number of aromatic nitrogens is 4. The first-order valence-electron chi connectivity index (χ1n) is 5.19. The Morgan fingerprint density at radius 2 is 2.33 bits per heavy atom. The lowest BCUT2D eigenvalue weighted by Crippen LogP contribution is -2.05. The molecule has 2 aromatic heterocycles. The smallest absolute Gasteiger partial charge is 0.221 e. The predicted octanol–water partition coefficient (Wildman–Crippen LogP) is 1.18. The van der Waals surface area contributed by atoms with E-state index in [1.165, 1.54) is 0 Å². The lowest BCUT2D eigenvalue weighted by molar-refractivity contribution is 0.373. The first kappa shape index (κ1) is 12.6. The van der Waals surface area contributed by atoms with Crippen LogP contribution in [0, 0.1) is 0 Å². The van der Waals surface area contributed by atoms with Crippen LogP contribution < -0.4 is 15.8 Å². The molecule has 0 unspecified atom stereocenters. The van der Waals surface area contributed by atoms with E-state index in [-0.39, 0.29) is 5.95 Å². The monoisotopic (exact) mass is 312 g/mol. The summed E-state index contributed by atoms with van der Waals surface area (Å²) in [4.78, 5) is 7.95. The average Bonchev–Trinajstić information content (AvgIpc) is 2.71. The Kier molecular flexibility index (Phi) is 3.66. The Hall–Kier alpha value is -1.83. The molecule has 0 fully saturated rings. The maximum Gasteiger partial charge on any atom is 0.221 e. The fraction of sp³-hybridized carbons (Fsp3) is 0.300. The lowest BCUT2D eigenvalue weighted by Gasteiger charge is -2.05. The van der Waals surface area contributed by atoms with Crippen LogP contribution in [0.2, 0.25) is 0 Å². The molecule has 2 heterocycles. The zero-order valence-corrected chi connectivity index (χ0v) is 11.6. The molecule has 0 bridgehead atoms. The van der Waals surface area contributed by atoms with Gasteiger partial charge in [-0.25, -0.2) is 9.67 Å². The summed E-state index contributed by atoms with van der Waals surface area (Å²) in [6, 6.07) is 1.85. The van der Waals surface area contributed by atoms with Crippen molar-refractivity contribution in [3.63, 3.8) is 0 Å². The number of aryl methyl sites for hydroxylation is 1. The average molecular weight is 313 g/mol. The Morgan fingerprint density at radius 1 is 1.56 bits per heavy atom. The topological polar surface area (TPSA) is 90.9 Å². The molecule has 2 aromatic rings. The second kappa shape index (κ2) is 5.21. The van der Waals surface area contributed by atoms with Crippen molar-refractivity contribution in [1.29, 1.82) is 0 Å². The molecule has 0 spiro atoms. The number of methoxy groups -OCH3 is 1. The molecule has 3 N–H and O–H groups in total. The van der Waals surface area contributed by atoms with E-state index in [1.807, 2.05) is 13.1 Å². The summed E-state index contributed by atoms with van der Waals surface area (Å²) in [5.74, 6) is 1.56. The third-order valence-electron chi connectivity index (χ3n) is 2.30. The van der Waals surface area contributed by atoms with Gasteiger partial charge >= 0.3 is 0 Å². The van der Waals surface area contributed by atoms with Crippen LogP contribution in [0.4, 0.5) is 11.8 Å². The fourth-order valence-corrected chi connectivity index (χ4v) is 1.79. The summed E-state index contributed by atoms with van der Waals surface area (Å²) < 4.78 is 7.55. The number of nitrogens with one attached hydrogen (secondary N) is 1. The summed E-state index contributed by atoms with van der Waals surface area (Å²) in [6.45, 7) is 0.520. The number of hydrogen-bond acceptors (Lipinski definition) is 6. The Labute approximate surface area is 113 Å². The molecule has 96 valence electrons. The van der Waals surface area contributed by atoms with Gasteiger partial charge in [0.25, 0.3) is 0 Å². The molecule has 0 saturated carbocycles. The molecule has 0 amide bonds. The molecular formula is C10H13BrN6O. The molecule has 0 saturated heterocycles. The molecular weight excluding hydrogens is 300 g/mol. The van der Waals surface area contributed by atoms with Gasteiger partial charge in [0.1, 0.15) is 5.82 Å². The van der Waals surface area contributed by atoms with Gasteiger partial charge in [-0.05, 0) is 15.9 Å². The van der Waals surface area contributed by atoms with Gasteiger partial charge in [-0.2, -0.15) is 10.1 Å². The first-order chi connectivity index (χ1) is 8.60. The minimum absolute atomic E-state index is 0.222. The Balaban J connectivity index is 2.08. The number of ether oxygens (including phenoxy) is 1. The van der Waals surface area contributed by atoms with Crippen molar-refractivity contribution < 1.29 is 4.74 Å². The van der Waals surface area contributed by atoms with Crippen molar-refractivity contribution in [3.8, 4) is 5.88 Å². The van der Waals surface area contributed by atoms with Crippen molar-refractivity contribution in [3.05, 3.63) is 22.4 Å². The Morgan fingerprint density at radius 3 is 3.00 bits per heavy atom. The molecule has 0 radical (unpaired) electrons. The number of nitrogen functional groups attached to an aromatic ring is 1. The maximum absolute atomic E-state index is 5.52. The highest BCUT2D eigenvalue weighted by Crippen LogP contribution is 2.20. The van der Waals surface area contributed by atoms with Crippen LogP contribution in [0.1, 0.15) is 5.69 Å². The highest BCUT2D eigenvalue weighted by atomic mass is 79.9. The van der Waals surface area contributed by atoms with Crippen molar-refractivity contribution >= 4 is 27.7 Å². The molecule has 8 heteroatoms. The van der Waals surface area contributed by atoms with E-state index in [0.29, 0.717) is 18.2 Å². The van der Waals surface area contributed by atoms with Crippen LogP contribution in [-0.2, 0) is 13.6 Å². The first-order valence-corrected chi connectivity index (χ1v) is 5.98. The largest absolute Gasteiger partial charge is 0.481 e. The van der Waals surface area contributed by atoms with E-state index in [0.717, 1.165) is 10.2 Å². The second-order valence-electron chi connectivity index (χ2n) is 3.58. The van der Waals surface area contributed by atoms with E-state index in [1.54, 1.807) is 18.0 Å². The number of nitrogens with zero attached hydrogens (tertiary/aromatic N) is 4.